The van der Waals surface area contributed by atoms with Gasteiger partial charge in [-0.3, -0.25) is 4.79 Å². The van der Waals surface area contributed by atoms with Gasteiger partial charge in [0.15, 0.2) is 5.82 Å². The van der Waals surface area contributed by atoms with Crippen molar-refractivity contribution < 1.29 is 9.53 Å². The van der Waals surface area contributed by atoms with Crippen LogP contribution < -0.4 is 20.7 Å². The monoisotopic (exact) mass is 378 g/mol. The van der Waals surface area contributed by atoms with Crippen LogP contribution in [0.15, 0.2) is 54.7 Å². The summed E-state index contributed by atoms with van der Waals surface area (Å²) in [5.41, 5.74) is 2.20. The maximum atomic E-state index is 11.2. The third-order valence-corrected chi connectivity index (χ3v) is 3.51. The summed E-state index contributed by atoms with van der Waals surface area (Å²) < 4.78 is 5.81. The van der Waals surface area contributed by atoms with Gasteiger partial charge in [-0.25, -0.2) is 0 Å². The van der Waals surface area contributed by atoms with Crippen LogP contribution in [0.2, 0.25) is 0 Å². The Bertz CT molecular complexity index is 961. The van der Waals surface area contributed by atoms with Crippen LogP contribution in [0, 0.1) is 0 Å². The third kappa shape index (κ3) is 5.41. The molecule has 2 aromatic carbocycles. The van der Waals surface area contributed by atoms with E-state index in [1.165, 1.54) is 13.1 Å². The molecule has 28 heavy (non-hydrogen) atoms. The van der Waals surface area contributed by atoms with Crippen LogP contribution in [0.4, 0.5) is 28.8 Å². The van der Waals surface area contributed by atoms with Gasteiger partial charge in [-0.1, -0.05) is 18.2 Å². The molecule has 0 saturated carbocycles. The molecule has 1 aromatic heterocycles. The first-order valence-electron chi connectivity index (χ1n) is 8.87. The number of aromatic nitrogens is 3. The van der Waals surface area contributed by atoms with E-state index in [4.69, 9.17) is 4.74 Å². The summed E-state index contributed by atoms with van der Waals surface area (Å²) in [7, 11) is 0. The smallest absolute Gasteiger partial charge is 0.249 e. The number of hydrogen-bond acceptors (Lipinski definition) is 7. The highest BCUT2D eigenvalue weighted by molar-refractivity contribution is 5.89. The molecular weight excluding hydrogens is 356 g/mol. The van der Waals surface area contributed by atoms with Gasteiger partial charge in [0, 0.05) is 18.3 Å². The molecule has 0 aliphatic carbocycles. The minimum atomic E-state index is -0.136. The number of amides is 1. The maximum absolute atomic E-state index is 11.2. The molecule has 144 valence electrons. The molecule has 0 spiro atoms. The second kappa shape index (κ2) is 8.81. The van der Waals surface area contributed by atoms with Crippen LogP contribution in [-0.4, -0.2) is 27.2 Å². The Labute approximate surface area is 163 Å². The van der Waals surface area contributed by atoms with Crippen LogP contribution in [0.5, 0.6) is 5.75 Å². The fraction of sp³-hybridized carbons (Fsp3) is 0.200. The van der Waals surface area contributed by atoms with Crippen molar-refractivity contribution in [3.63, 3.8) is 0 Å². The second-order valence-corrected chi connectivity index (χ2v) is 6.34. The van der Waals surface area contributed by atoms with Crippen molar-refractivity contribution in [1.82, 2.24) is 15.2 Å². The number of nitrogens with zero attached hydrogens (tertiary/aromatic N) is 3. The van der Waals surface area contributed by atoms with E-state index in [0.717, 1.165) is 17.1 Å². The lowest BCUT2D eigenvalue weighted by Gasteiger charge is -2.15. The summed E-state index contributed by atoms with van der Waals surface area (Å²) in [4.78, 5) is 15.6. The van der Waals surface area contributed by atoms with Crippen LogP contribution in [0.25, 0.3) is 0 Å². The summed E-state index contributed by atoms with van der Waals surface area (Å²) in [6.07, 6.45) is 1.59. The topological polar surface area (TPSA) is 101 Å². The zero-order valence-electron chi connectivity index (χ0n) is 15.9. The van der Waals surface area contributed by atoms with Gasteiger partial charge in [0.05, 0.1) is 18.0 Å². The van der Waals surface area contributed by atoms with Crippen molar-refractivity contribution in [2.75, 3.05) is 16.0 Å². The predicted molar refractivity (Wildman–Crippen MR) is 109 cm³/mol. The van der Waals surface area contributed by atoms with Gasteiger partial charge in [0.1, 0.15) is 5.75 Å². The fourth-order valence-electron chi connectivity index (χ4n) is 2.49. The van der Waals surface area contributed by atoms with Crippen LogP contribution in [-0.2, 0) is 4.79 Å². The number of rotatable bonds is 7. The molecule has 0 fully saturated rings. The number of carbonyl (C=O) groups is 1. The van der Waals surface area contributed by atoms with E-state index in [2.05, 4.69) is 31.1 Å². The highest BCUT2D eigenvalue weighted by Crippen LogP contribution is 2.27. The second-order valence-electron chi connectivity index (χ2n) is 6.34. The molecule has 8 heteroatoms. The zero-order valence-corrected chi connectivity index (χ0v) is 15.9. The summed E-state index contributed by atoms with van der Waals surface area (Å²) >= 11 is 0. The summed E-state index contributed by atoms with van der Waals surface area (Å²) in [6, 6.07) is 14.9. The molecule has 1 amide bonds. The number of hydrogen-bond donors (Lipinski definition) is 3. The normalized spacial score (nSPS) is 10.4. The van der Waals surface area contributed by atoms with Crippen LogP contribution in [0.3, 0.4) is 0 Å². The number of ether oxygens (including phenoxy) is 1. The minimum absolute atomic E-state index is 0.0552. The van der Waals surface area contributed by atoms with Gasteiger partial charge >= 0.3 is 0 Å². The lowest BCUT2D eigenvalue weighted by Crippen LogP contribution is -2.08. The van der Waals surface area contributed by atoms with Gasteiger partial charge in [-0.15, -0.1) is 5.10 Å². The number of carbonyl (C=O) groups excluding carboxylic acids is 1. The van der Waals surface area contributed by atoms with E-state index >= 15 is 0 Å². The van der Waals surface area contributed by atoms with E-state index in [0.29, 0.717) is 17.5 Å². The van der Waals surface area contributed by atoms with Crippen molar-refractivity contribution in [3.05, 3.63) is 54.7 Å². The number of para-hydroxylation sites is 2. The minimum Gasteiger partial charge on any atom is -0.489 e. The Hall–Kier alpha value is -3.68. The van der Waals surface area contributed by atoms with Crippen LogP contribution >= 0.6 is 0 Å². The first-order valence-corrected chi connectivity index (χ1v) is 8.87. The molecule has 0 aliphatic heterocycles. The average Bonchev–Trinajstić information content (AvgIpc) is 2.63. The van der Waals surface area contributed by atoms with E-state index in [1.807, 2.05) is 50.2 Å². The highest BCUT2D eigenvalue weighted by atomic mass is 16.5. The Balaban J connectivity index is 1.76. The molecule has 8 nitrogen and oxygen atoms in total. The van der Waals surface area contributed by atoms with Crippen molar-refractivity contribution in [3.8, 4) is 5.75 Å². The zero-order chi connectivity index (χ0) is 19.9. The molecule has 0 bridgehead atoms. The molecule has 0 aliphatic rings. The maximum Gasteiger partial charge on any atom is 0.249 e. The number of anilines is 5. The van der Waals surface area contributed by atoms with Gasteiger partial charge in [0.2, 0.25) is 11.9 Å². The summed E-state index contributed by atoms with van der Waals surface area (Å²) in [6.45, 7) is 5.41. The van der Waals surface area contributed by atoms with Crippen molar-refractivity contribution >= 4 is 34.7 Å². The SMILES string of the molecule is CC(=O)Nc1cccc(Nc2nncc(Nc3ccccc3OC(C)C)n2)c1. The molecule has 3 N–H and O–H groups in total. The Morgan fingerprint density at radius 3 is 2.61 bits per heavy atom. The molecule has 0 atom stereocenters. The number of nitrogens with one attached hydrogen (secondary N) is 3. The highest BCUT2D eigenvalue weighted by Gasteiger charge is 2.08. The Morgan fingerprint density at radius 2 is 1.82 bits per heavy atom. The summed E-state index contributed by atoms with van der Waals surface area (Å²) in [5, 5.41) is 17.0. The molecule has 0 saturated heterocycles. The van der Waals surface area contributed by atoms with Gasteiger partial charge < -0.3 is 20.7 Å². The molecule has 3 rings (SSSR count). The standard InChI is InChI=1S/C20H22N6O2/c1-13(2)28-18-10-5-4-9-17(18)24-19-12-21-26-20(25-19)23-16-8-6-7-15(11-16)22-14(3)27/h4-13H,1-3H3,(H,22,27)(H2,23,24,25,26). The van der Waals surface area contributed by atoms with Crippen molar-refractivity contribution in [2.24, 2.45) is 0 Å². The quantitative estimate of drug-likeness (QED) is 0.569. The number of benzene rings is 2. The van der Waals surface area contributed by atoms with Crippen molar-refractivity contribution in [1.29, 1.82) is 0 Å². The summed E-state index contributed by atoms with van der Waals surface area (Å²) in [5.74, 6) is 1.44. The van der Waals surface area contributed by atoms with Gasteiger partial charge in [-0.05, 0) is 44.2 Å². The molecule has 0 unspecified atom stereocenters. The molecule has 3 aromatic rings. The first-order chi connectivity index (χ1) is 13.5. The lowest BCUT2D eigenvalue weighted by molar-refractivity contribution is -0.114. The van der Waals surface area contributed by atoms with Gasteiger partial charge in [-0.2, -0.15) is 10.1 Å². The van der Waals surface area contributed by atoms with E-state index in [-0.39, 0.29) is 12.0 Å². The molecule has 0 radical (unpaired) electrons. The average molecular weight is 378 g/mol. The van der Waals surface area contributed by atoms with E-state index < -0.39 is 0 Å². The first kappa shape index (κ1) is 19.1. The van der Waals surface area contributed by atoms with Crippen molar-refractivity contribution in [2.45, 2.75) is 26.9 Å². The van der Waals surface area contributed by atoms with E-state index in [1.54, 1.807) is 12.1 Å². The molecule has 1 heterocycles. The predicted octanol–water partition coefficient (Wildman–Crippen LogP) is 4.10. The Morgan fingerprint density at radius 1 is 1.04 bits per heavy atom. The largest absolute Gasteiger partial charge is 0.489 e. The third-order valence-electron chi connectivity index (χ3n) is 3.51. The Kier molecular flexibility index (Phi) is 6.01. The lowest BCUT2D eigenvalue weighted by atomic mass is 10.2. The fourth-order valence-corrected chi connectivity index (χ4v) is 2.49. The molecular formula is C20H22N6O2. The van der Waals surface area contributed by atoms with E-state index in [9.17, 15) is 4.79 Å². The van der Waals surface area contributed by atoms with Crippen LogP contribution in [0.1, 0.15) is 20.8 Å². The van der Waals surface area contributed by atoms with Gasteiger partial charge in [0.25, 0.3) is 0 Å².